The van der Waals surface area contributed by atoms with Crippen LogP contribution in [0.5, 0.6) is 0 Å². The fourth-order valence-electron chi connectivity index (χ4n) is 1.69. The molecule has 0 aliphatic carbocycles. The number of hydrogen-bond acceptors (Lipinski definition) is 2. The molecule has 1 N–H and O–H groups in total. The maximum absolute atomic E-state index is 11.3. The number of hydrogen-bond donors (Lipinski definition) is 1. The molecule has 1 unspecified atom stereocenters. The van der Waals surface area contributed by atoms with Crippen LogP contribution in [0.3, 0.4) is 0 Å². The lowest BCUT2D eigenvalue weighted by atomic mass is 9.94. The van der Waals surface area contributed by atoms with Gasteiger partial charge in [0.15, 0.2) is 0 Å². The van der Waals surface area contributed by atoms with E-state index in [1.165, 1.54) is 17.9 Å². The van der Waals surface area contributed by atoms with E-state index in [2.05, 4.69) is 12.2 Å². The molecule has 3 heteroatoms. The van der Waals surface area contributed by atoms with E-state index >= 15 is 0 Å². The molecule has 1 fully saturated rings. The molecule has 0 spiro atoms. The fourth-order valence-corrected chi connectivity index (χ4v) is 2.35. The highest BCUT2D eigenvalue weighted by Gasteiger charge is 2.20. The Labute approximate surface area is 84.9 Å². The predicted octanol–water partition coefficient (Wildman–Crippen LogP) is 2.05. The summed E-state index contributed by atoms with van der Waals surface area (Å²) in [6.45, 7) is 3.07. The Kier molecular flexibility index (Phi) is 5.28. The van der Waals surface area contributed by atoms with Crippen LogP contribution in [0.2, 0.25) is 0 Å². The Hall–Kier alpha value is -0.180. The van der Waals surface area contributed by atoms with Crippen molar-refractivity contribution in [3.63, 3.8) is 0 Å². The van der Waals surface area contributed by atoms with Crippen LogP contribution in [-0.2, 0) is 4.79 Å². The molecule has 2 nitrogen and oxygen atoms in total. The number of carbonyl (C=O) groups excluding carboxylic acids is 1. The molecule has 0 radical (unpaired) electrons. The predicted molar refractivity (Wildman–Crippen MR) is 58.0 cm³/mol. The number of amides is 1. The van der Waals surface area contributed by atoms with Gasteiger partial charge in [-0.25, -0.2) is 0 Å². The molecule has 0 bridgehead atoms. The Bertz CT molecular complexity index is 161. The molecule has 0 aromatic rings. The smallest absolute Gasteiger partial charge is 0.223 e. The Balaban J connectivity index is 2.08. The second-order valence-electron chi connectivity index (χ2n) is 3.47. The van der Waals surface area contributed by atoms with Crippen LogP contribution in [0.4, 0.5) is 0 Å². The van der Waals surface area contributed by atoms with Gasteiger partial charge in [0.25, 0.3) is 0 Å². The van der Waals surface area contributed by atoms with E-state index in [1.54, 1.807) is 0 Å². The van der Waals surface area contributed by atoms with Crippen LogP contribution in [-0.4, -0.2) is 24.0 Å². The quantitative estimate of drug-likeness (QED) is 0.690. The van der Waals surface area contributed by atoms with Crippen molar-refractivity contribution in [2.24, 2.45) is 5.92 Å². The van der Waals surface area contributed by atoms with Crippen LogP contribution in [0.1, 0.15) is 32.6 Å². The minimum Gasteiger partial charge on any atom is -0.356 e. The maximum atomic E-state index is 11.3. The Morgan fingerprint density at radius 3 is 3.15 bits per heavy atom. The van der Waals surface area contributed by atoms with Crippen molar-refractivity contribution in [2.75, 3.05) is 18.1 Å². The van der Waals surface area contributed by atoms with Crippen molar-refractivity contribution in [1.29, 1.82) is 0 Å². The molecule has 1 atom stereocenters. The second kappa shape index (κ2) is 6.30. The summed E-state index contributed by atoms with van der Waals surface area (Å²) in [5.74, 6) is 3.00. The average molecular weight is 201 g/mol. The molecule has 1 rings (SSSR count). The third-order valence-corrected chi connectivity index (χ3v) is 3.43. The molecule has 1 aliphatic rings. The molecule has 1 heterocycles. The number of thioether (sulfide) groups is 1. The summed E-state index contributed by atoms with van der Waals surface area (Å²) < 4.78 is 0. The lowest BCUT2D eigenvalue weighted by Crippen LogP contribution is -2.36. The van der Waals surface area contributed by atoms with Crippen molar-refractivity contribution in [3.8, 4) is 0 Å². The van der Waals surface area contributed by atoms with Gasteiger partial charge in [-0.2, -0.15) is 11.8 Å². The zero-order valence-electron chi connectivity index (χ0n) is 8.34. The van der Waals surface area contributed by atoms with Crippen LogP contribution in [0.15, 0.2) is 0 Å². The molecular weight excluding hydrogens is 182 g/mol. The van der Waals surface area contributed by atoms with Crippen LogP contribution < -0.4 is 5.32 Å². The topological polar surface area (TPSA) is 29.1 Å². The number of nitrogens with one attached hydrogen (secondary N) is 1. The molecule has 13 heavy (non-hydrogen) atoms. The lowest BCUT2D eigenvalue weighted by Gasteiger charge is -2.21. The zero-order chi connectivity index (χ0) is 9.52. The van der Waals surface area contributed by atoms with Crippen molar-refractivity contribution >= 4 is 17.7 Å². The van der Waals surface area contributed by atoms with Gasteiger partial charge in [0.05, 0.1) is 0 Å². The van der Waals surface area contributed by atoms with E-state index in [1.807, 2.05) is 11.8 Å². The number of piperidine rings is 1. The summed E-state index contributed by atoms with van der Waals surface area (Å²) in [7, 11) is 0. The van der Waals surface area contributed by atoms with Crippen molar-refractivity contribution in [1.82, 2.24) is 5.32 Å². The van der Waals surface area contributed by atoms with Crippen LogP contribution in [0.25, 0.3) is 0 Å². The van der Waals surface area contributed by atoms with Gasteiger partial charge in [0.2, 0.25) is 5.91 Å². The monoisotopic (exact) mass is 201 g/mol. The fraction of sp³-hybridized carbons (Fsp3) is 0.900. The van der Waals surface area contributed by atoms with Gasteiger partial charge in [-0.15, -0.1) is 0 Å². The Morgan fingerprint density at radius 2 is 2.46 bits per heavy atom. The summed E-state index contributed by atoms with van der Waals surface area (Å²) in [5, 5.41) is 2.93. The van der Waals surface area contributed by atoms with E-state index < -0.39 is 0 Å². The molecule has 1 amide bonds. The van der Waals surface area contributed by atoms with Crippen molar-refractivity contribution in [2.45, 2.75) is 32.6 Å². The molecule has 0 aromatic carbocycles. The van der Waals surface area contributed by atoms with Crippen LogP contribution >= 0.6 is 11.8 Å². The van der Waals surface area contributed by atoms with Gasteiger partial charge in [0, 0.05) is 12.5 Å². The van der Waals surface area contributed by atoms with Gasteiger partial charge in [0.1, 0.15) is 0 Å². The van der Waals surface area contributed by atoms with Gasteiger partial charge in [-0.05, 0) is 37.2 Å². The highest BCUT2D eigenvalue weighted by Crippen LogP contribution is 2.18. The first-order valence-electron chi connectivity index (χ1n) is 5.20. The largest absolute Gasteiger partial charge is 0.356 e. The molecular formula is C10H19NOS. The molecule has 0 aromatic heterocycles. The van der Waals surface area contributed by atoms with Gasteiger partial charge >= 0.3 is 0 Å². The van der Waals surface area contributed by atoms with Crippen molar-refractivity contribution < 1.29 is 4.79 Å². The first-order valence-corrected chi connectivity index (χ1v) is 6.35. The lowest BCUT2D eigenvalue weighted by molar-refractivity contribution is -0.126. The highest BCUT2D eigenvalue weighted by atomic mass is 32.2. The molecule has 1 saturated heterocycles. The summed E-state index contributed by atoms with van der Waals surface area (Å²) in [5.41, 5.74) is 0. The van der Waals surface area contributed by atoms with E-state index in [0.717, 1.165) is 25.8 Å². The average Bonchev–Trinajstić information content (AvgIpc) is 2.15. The number of carbonyl (C=O) groups is 1. The second-order valence-corrected chi connectivity index (χ2v) is 4.86. The standard InChI is InChI=1S/C10H19NOS/c1-2-13-8-4-6-9-5-3-7-11-10(9)12/h9H,2-8H2,1H3,(H,11,12). The summed E-state index contributed by atoms with van der Waals surface area (Å²) >= 11 is 1.97. The summed E-state index contributed by atoms with van der Waals surface area (Å²) in [4.78, 5) is 11.3. The van der Waals surface area contributed by atoms with E-state index in [4.69, 9.17) is 0 Å². The van der Waals surface area contributed by atoms with E-state index in [9.17, 15) is 4.79 Å². The SMILES string of the molecule is CCSCCCC1CCCNC1=O. The third kappa shape index (κ3) is 4.03. The normalized spacial score (nSPS) is 22.8. The van der Waals surface area contributed by atoms with E-state index in [-0.39, 0.29) is 5.91 Å². The minimum absolute atomic E-state index is 0.285. The van der Waals surface area contributed by atoms with Crippen LogP contribution in [0, 0.1) is 5.92 Å². The first-order chi connectivity index (χ1) is 6.34. The molecule has 0 saturated carbocycles. The maximum Gasteiger partial charge on any atom is 0.223 e. The van der Waals surface area contributed by atoms with Gasteiger partial charge < -0.3 is 5.32 Å². The summed E-state index contributed by atoms with van der Waals surface area (Å²) in [6, 6.07) is 0. The third-order valence-electron chi connectivity index (χ3n) is 2.44. The Morgan fingerprint density at radius 1 is 1.62 bits per heavy atom. The summed E-state index contributed by atoms with van der Waals surface area (Å²) in [6.07, 6.45) is 4.54. The first kappa shape index (κ1) is 10.9. The number of rotatable bonds is 5. The minimum atomic E-state index is 0.285. The molecule has 1 aliphatic heterocycles. The van der Waals surface area contributed by atoms with Crippen molar-refractivity contribution in [3.05, 3.63) is 0 Å². The van der Waals surface area contributed by atoms with E-state index in [0.29, 0.717) is 5.92 Å². The van der Waals surface area contributed by atoms with Gasteiger partial charge in [-0.3, -0.25) is 4.79 Å². The zero-order valence-corrected chi connectivity index (χ0v) is 9.16. The van der Waals surface area contributed by atoms with Gasteiger partial charge in [-0.1, -0.05) is 6.92 Å². The highest BCUT2D eigenvalue weighted by molar-refractivity contribution is 7.99. The molecule has 76 valence electrons.